The van der Waals surface area contributed by atoms with Gasteiger partial charge in [-0.3, -0.25) is 9.59 Å². The van der Waals surface area contributed by atoms with Crippen molar-refractivity contribution in [2.45, 2.75) is 44.6 Å². The van der Waals surface area contributed by atoms with Crippen LogP contribution in [-0.4, -0.2) is 65.3 Å². The first-order valence-corrected chi connectivity index (χ1v) is 9.23. The highest BCUT2D eigenvalue weighted by molar-refractivity contribution is 8.00. The molecule has 1 atom stereocenters. The van der Waals surface area contributed by atoms with E-state index >= 15 is 0 Å². The number of amides is 2. The number of hydrogen-bond acceptors (Lipinski definition) is 4. The molecule has 6 heteroatoms. The Morgan fingerprint density at radius 2 is 1.62 bits per heavy atom. The summed E-state index contributed by atoms with van der Waals surface area (Å²) in [4.78, 5) is 28.1. The Morgan fingerprint density at radius 3 is 2.33 bits per heavy atom. The van der Waals surface area contributed by atoms with Crippen molar-refractivity contribution in [1.29, 1.82) is 0 Å². The summed E-state index contributed by atoms with van der Waals surface area (Å²) in [5.41, 5.74) is 5.74. The van der Waals surface area contributed by atoms with Crippen molar-refractivity contribution in [3.8, 4) is 0 Å². The van der Waals surface area contributed by atoms with Gasteiger partial charge in [-0.2, -0.15) is 0 Å². The predicted molar refractivity (Wildman–Crippen MR) is 86.2 cm³/mol. The SMILES string of the molecule is NCC1CCCCN1C(=O)CSCC(=O)N1CCCCC1. The number of thioether (sulfide) groups is 1. The van der Waals surface area contributed by atoms with E-state index in [0.29, 0.717) is 18.1 Å². The molecule has 2 rings (SSSR count). The molecule has 0 spiro atoms. The molecule has 0 aromatic rings. The molecule has 2 heterocycles. The lowest BCUT2D eigenvalue weighted by Crippen LogP contribution is -2.48. The van der Waals surface area contributed by atoms with Crippen molar-refractivity contribution < 1.29 is 9.59 Å². The van der Waals surface area contributed by atoms with E-state index in [1.807, 2.05) is 9.80 Å². The largest absolute Gasteiger partial charge is 0.342 e. The normalized spacial score (nSPS) is 23.2. The van der Waals surface area contributed by atoms with Gasteiger partial charge < -0.3 is 15.5 Å². The Hall–Kier alpha value is -0.750. The van der Waals surface area contributed by atoms with Gasteiger partial charge in [0.05, 0.1) is 11.5 Å². The second-order valence-corrected chi connectivity index (χ2v) is 6.89. The number of carbonyl (C=O) groups is 2. The summed E-state index contributed by atoms with van der Waals surface area (Å²) in [5.74, 6) is 1.14. The summed E-state index contributed by atoms with van der Waals surface area (Å²) in [5, 5.41) is 0. The van der Waals surface area contributed by atoms with Crippen LogP contribution in [0.4, 0.5) is 0 Å². The Bertz CT molecular complexity index is 359. The van der Waals surface area contributed by atoms with Crippen molar-refractivity contribution in [3.05, 3.63) is 0 Å². The highest BCUT2D eigenvalue weighted by atomic mass is 32.2. The zero-order valence-corrected chi connectivity index (χ0v) is 13.6. The average Bonchev–Trinajstić information content (AvgIpc) is 2.55. The molecule has 0 aromatic heterocycles. The summed E-state index contributed by atoms with van der Waals surface area (Å²) in [6.45, 7) is 3.13. The third-order valence-electron chi connectivity index (χ3n) is 4.38. The average molecular weight is 313 g/mol. The Balaban J connectivity index is 1.69. The Morgan fingerprint density at radius 1 is 0.952 bits per heavy atom. The molecule has 0 aliphatic carbocycles. The zero-order chi connectivity index (χ0) is 15.1. The monoisotopic (exact) mass is 313 g/mol. The lowest BCUT2D eigenvalue weighted by atomic mass is 10.0. The van der Waals surface area contributed by atoms with E-state index in [9.17, 15) is 9.59 Å². The van der Waals surface area contributed by atoms with Crippen LogP contribution < -0.4 is 5.73 Å². The van der Waals surface area contributed by atoms with E-state index in [-0.39, 0.29) is 17.9 Å². The molecular formula is C15H27N3O2S. The lowest BCUT2D eigenvalue weighted by molar-refractivity contribution is -0.131. The van der Waals surface area contributed by atoms with Crippen LogP contribution in [0.2, 0.25) is 0 Å². The molecule has 2 N–H and O–H groups in total. The van der Waals surface area contributed by atoms with Gasteiger partial charge in [-0.1, -0.05) is 0 Å². The molecule has 2 saturated heterocycles. The van der Waals surface area contributed by atoms with Crippen molar-refractivity contribution in [1.82, 2.24) is 9.80 Å². The van der Waals surface area contributed by atoms with Gasteiger partial charge in [0.1, 0.15) is 0 Å². The van der Waals surface area contributed by atoms with Gasteiger partial charge in [0.15, 0.2) is 0 Å². The number of hydrogen-bond donors (Lipinski definition) is 1. The minimum Gasteiger partial charge on any atom is -0.342 e. The minimum absolute atomic E-state index is 0.140. The number of likely N-dealkylation sites (tertiary alicyclic amines) is 2. The maximum atomic E-state index is 12.2. The maximum absolute atomic E-state index is 12.2. The van der Waals surface area contributed by atoms with Gasteiger partial charge >= 0.3 is 0 Å². The molecule has 0 radical (unpaired) electrons. The first-order valence-electron chi connectivity index (χ1n) is 8.07. The molecule has 21 heavy (non-hydrogen) atoms. The summed E-state index contributed by atoms with van der Waals surface area (Å²) in [6.07, 6.45) is 6.69. The van der Waals surface area contributed by atoms with E-state index < -0.39 is 0 Å². The third-order valence-corrected chi connectivity index (χ3v) is 5.28. The first-order chi connectivity index (χ1) is 10.2. The van der Waals surface area contributed by atoms with Crippen LogP contribution in [0.15, 0.2) is 0 Å². The van der Waals surface area contributed by atoms with E-state index in [4.69, 9.17) is 5.73 Å². The molecule has 2 aliphatic heterocycles. The topological polar surface area (TPSA) is 66.6 Å². The second kappa shape index (κ2) is 8.63. The molecule has 0 aromatic carbocycles. The standard InChI is InChI=1S/C15H27N3O2S/c16-10-13-6-2-5-9-18(13)15(20)12-21-11-14(19)17-7-3-1-4-8-17/h13H,1-12,16H2. The fourth-order valence-electron chi connectivity index (χ4n) is 3.12. The highest BCUT2D eigenvalue weighted by Gasteiger charge is 2.25. The Labute approximate surface area is 131 Å². The van der Waals surface area contributed by atoms with E-state index in [2.05, 4.69) is 0 Å². The quantitative estimate of drug-likeness (QED) is 0.824. The molecule has 1 unspecified atom stereocenters. The molecule has 2 aliphatic rings. The van der Waals surface area contributed by atoms with E-state index in [0.717, 1.165) is 51.7 Å². The van der Waals surface area contributed by atoms with Crippen LogP contribution in [0.5, 0.6) is 0 Å². The van der Waals surface area contributed by atoms with Crippen LogP contribution in [0.1, 0.15) is 38.5 Å². The third kappa shape index (κ3) is 4.88. The second-order valence-electron chi connectivity index (χ2n) is 5.91. The zero-order valence-electron chi connectivity index (χ0n) is 12.8. The molecule has 0 saturated carbocycles. The van der Waals surface area contributed by atoms with Gasteiger partial charge in [-0.25, -0.2) is 0 Å². The Kier molecular flexibility index (Phi) is 6.83. The van der Waals surface area contributed by atoms with Crippen LogP contribution in [0.25, 0.3) is 0 Å². The number of rotatable bonds is 5. The summed E-state index contributed by atoms with van der Waals surface area (Å²) >= 11 is 1.45. The van der Waals surface area contributed by atoms with E-state index in [1.54, 1.807) is 0 Å². The number of nitrogens with zero attached hydrogens (tertiary/aromatic N) is 2. The van der Waals surface area contributed by atoms with Gasteiger partial charge in [-0.05, 0) is 38.5 Å². The minimum atomic E-state index is 0.140. The van der Waals surface area contributed by atoms with Crippen molar-refractivity contribution in [2.24, 2.45) is 5.73 Å². The number of piperidine rings is 2. The van der Waals surface area contributed by atoms with E-state index in [1.165, 1.54) is 18.2 Å². The smallest absolute Gasteiger partial charge is 0.232 e. The van der Waals surface area contributed by atoms with Crippen LogP contribution in [0.3, 0.4) is 0 Å². The highest BCUT2D eigenvalue weighted by Crippen LogP contribution is 2.18. The summed E-state index contributed by atoms with van der Waals surface area (Å²) in [6, 6.07) is 0.199. The fourth-order valence-corrected chi connectivity index (χ4v) is 3.92. The van der Waals surface area contributed by atoms with Gasteiger partial charge in [0.25, 0.3) is 0 Å². The molecule has 0 bridgehead atoms. The molecule has 120 valence electrons. The summed E-state index contributed by atoms with van der Waals surface area (Å²) < 4.78 is 0. The molecule has 2 amide bonds. The van der Waals surface area contributed by atoms with Gasteiger partial charge in [0, 0.05) is 32.2 Å². The molecule has 5 nitrogen and oxygen atoms in total. The van der Waals surface area contributed by atoms with Gasteiger partial charge in [0.2, 0.25) is 11.8 Å². The van der Waals surface area contributed by atoms with Crippen LogP contribution >= 0.6 is 11.8 Å². The summed E-state index contributed by atoms with van der Waals surface area (Å²) in [7, 11) is 0. The van der Waals surface area contributed by atoms with Crippen molar-refractivity contribution in [3.63, 3.8) is 0 Å². The van der Waals surface area contributed by atoms with Crippen LogP contribution in [-0.2, 0) is 9.59 Å². The number of nitrogens with two attached hydrogens (primary N) is 1. The lowest BCUT2D eigenvalue weighted by Gasteiger charge is -2.35. The fraction of sp³-hybridized carbons (Fsp3) is 0.867. The first kappa shape index (κ1) is 16.6. The van der Waals surface area contributed by atoms with Gasteiger partial charge in [-0.15, -0.1) is 11.8 Å². The van der Waals surface area contributed by atoms with Crippen molar-refractivity contribution in [2.75, 3.05) is 37.7 Å². The maximum Gasteiger partial charge on any atom is 0.232 e. The number of carbonyl (C=O) groups excluding carboxylic acids is 2. The molecular weight excluding hydrogens is 286 g/mol. The molecule has 2 fully saturated rings. The van der Waals surface area contributed by atoms with Crippen LogP contribution in [0, 0.1) is 0 Å². The van der Waals surface area contributed by atoms with Crippen molar-refractivity contribution >= 4 is 23.6 Å². The predicted octanol–water partition coefficient (Wildman–Crippen LogP) is 1.07.